The number of hydrogen-bond donors (Lipinski definition) is 1. The molecule has 2 aliphatic heterocycles. The van der Waals surface area contributed by atoms with Crippen LogP contribution < -0.4 is 19.3 Å². The summed E-state index contributed by atoms with van der Waals surface area (Å²) in [5.74, 6) is 1.85. The van der Waals surface area contributed by atoms with E-state index in [0.717, 1.165) is 29.6 Å². The second-order valence-corrected chi connectivity index (χ2v) is 8.77. The molecule has 0 bridgehead atoms. The minimum Gasteiger partial charge on any atom is -0.486 e. The SMILES string of the molecule is Cc1sc2c(c1C)C[NH+](C[C@H]1COc3ccccc3O1)CN2C(=O)c1ccco1. The quantitative estimate of drug-likeness (QED) is 0.720. The summed E-state index contributed by atoms with van der Waals surface area (Å²) in [7, 11) is 0. The Morgan fingerprint density at radius 3 is 2.83 bits per heavy atom. The molecule has 2 atom stereocenters. The maximum absolute atomic E-state index is 13.1. The van der Waals surface area contributed by atoms with E-state index in [1.807, 2.05) is 29.2 Å². The Kier molecular flexibility index (Phi) is 4.56. The first-order valence-electron chi connectivity index (χ1n) is 9.76. The van der Waals surface area contributed by atoms with Gasteiger partial charge >= 0.3 is 0 Å². The summed E-state index contributed by atoms with van der Waals surface area (Å²) in [6.45, 7) is 6.97. The van der Waals surface area contributed by atoms with Gasteiger partial charge in [0.15, 0.2) is 30.0 Å². The molecule has 1 unspecified atom stereocenters. The highest BCUT2D eigenvalue weighted by molar-refractivity contribution is 7.16. The maximum Gasteiger partial charge on any atom is 0.298 e. The van der Waals surface area contributed by atoms with E-state index in [4.69, 9.17) is 13.9 Å². The molecule has 0 fully saturated rings. The van der Waals surface area contributed by atoms with Gasteiger partial charge < -0.3 is 18.8 Å². The number of thiophene rings is 1. The van der Waals surface area contributed by atoms with E-state index in [0.29, 0.717) is 19.0 Å². The second kappa shape index (κ2) is 7.24. The number of furan rings is 1. The molecule has 5 rings (SSSR count). The number of ether oxygens (including phenoxy) is 2. The number of benzene rings is 1. The molecule has 7 heteroatoms. The Hall–Kier alpha value is -2.77. The molecule has 3 aromatic rings. The fourth-order valence-electron chi connectivity index (χ4n) is 4.00. The lowest BCUT2D eigenvalue weighted by atomic mass is 10.1. The number of aryl methyl sites for hydroxylation is 1. The molecule has 0 saturated heterocycles. The number of quaternary nitrogens is 1. The minimum absolute atomic E-state index is 0.0537. The molecule has 2 aromatic heterocycles. The number of anilines is 1. The summed E-state index contributed by atoms with van der Waals surface area (Å²) in [4.78, 5) is 17.5. The monoisotopic (exact) mass is 411 g/mol. The molecule has 150 valence electrons. The van der Waals surface area contributed by atoms with Crippen molar-refractivity contribution in [3.05, 3.63) is 64.4 Å². The number of carbonyl (C=O) groups is 1. The molecule has 0 radical (unpaired) electrons. The van der Waals surface area contributed by atoms with Crippen LogP contribution in [0.4, 0.5) is 5.00 Å². The number of amides is 1. The molecule has 1 N–H and O–H groups in total. The largest absolute Gasteiger partial charge is 0.486 e. The van der Waals surface area contributed by atoms with E-state index in [1.165, 1.54) is 27.2 Å². The Morgan fingerprint density at radius 1 is 1.21 bits per heavy atom. The highest BCUT2D eigenvalue weighted by Crippen LogP contribution is 2.37. The molecule has 6 nitrogen and oxygen atoms in total. The first-order chi connectivity index (χ1) is 14.1. The van der Waals surface area contributed by atoms with Crippen LogP contribution in [-0.4, -0.2) is 31.8 Å². The van der Waals surface area contributed by atoms with Crippen LogP contribution in [0.3, 0.4) is 0 Å². The molecule has 0 spiro atoms. The van der Waals surface area contributed by atoms with Crippen molar-refractivity contribution in [2.24, 2.45) is 0 Å². The Morgan fingerprint density at radius 2 is 2.03 bits per heavy atom. The van der Waals surface area contributed by atoms with Gasteiger partial charge in [-0.3, -0.25) is 4.79 Å². The summed E-state index contributed by atoms with van der Waals surface area (Å²) >= 11 is 1.68. The number of hydrogen-bond acceptors (Lipinski definition) is 5. The van der Waals surface area contributed by atoms with E-state index in [-0.39, 0.29) is 12.0 Å². The van der Waals surface area contributed by atoms with Crippen LogP contribution in [0.2, 0.25) is 0 Å². The normalized spacial score (nSPS) is 20.4. The van der Waals surface area contributed by atoms with E-state index < -0.39 is 0 Å². The highest BCUT2D eigenvalue weighted by atomic mass is 32.1. The summed E-state index contributed by atoms with van der Waals surface area (Å²) in [6, 6.07) is 11.2. The molecule has 1 aromatic carbocycles. The van der Waals surface area contributed by atoms with E-state index in [1.54, 1.807) is 23.5 Å². The number of para-hydroxylation sites is 2. The number of fused-ring (bicyclic) bond motifs is 2. The number of nitrogens with zero attached hydrogens (tertiary/aromatic N) is 1. The predicted octanol–water partition coefficient (Wildman–Crippen LogP) is 2.80. The summed E-state index contributed by atoms with van der Waals surface area (Å²) < 4.78 is 17.4. The van der Waals surface area contributed by atoms with Crippen LogP contribution in [-0.2, 0) is 6.54 Å². The molecule has 1 amide bonds. The van der Waals surface area contributed by atoms with Crippen LogP contribution >= 0.6 is 11.3 Å². The zero-order chi connectivity index (χ0) is 20.0. The first kappa shape index (κ1) is 18.3. The van der Waals surface area contributed by atoms with Crippen molar-refractivity contribution >= 4 is 22.2 Å². The van der Waals surface area contributed by atoms with E-state index >= 15 is 0 Å². The topological polar surface area (TPSA) is 56.4 Å². The van der Waals surface area contributed by atoms with Gasteiger partial charge in [0.2, 0.25) is 0 Å². The van der Waals surface area contributed by atoms with Crippen molar-refractivity contribution in [3.63, 3.8) is 0 Å². The molecular weight excluding hydrogens is 388 g/mol. The molecule has 29 heavy (non-hydrogen) atoms. The Labute approximate surface area is 173 Å². The predicted molar refractivity (Wildman–Crippen MR) is 110 cm³/mol. The summed E-state index contributed by atoms with van der Waals surface area (Å²) in [6.07, 6.45) is 1.49. The molecular formula is C22H23N2O4S+. The molecule has 4 heterocycles. The van der Waals surface area contributed by atoms with E-state index in [2.05, 4.69) is 13.8 Å². The number of rotatable bonds is 3. The molecule has 0 aliphatic carbocycles. The second-order valence-electron chi connectivity index (χ2n) is 7.56. The molecule has 0 saturated carbocycles. The minimum atomic E-state index is -0.0964. The van der Waals surface area contributed by atoms with Gasteiger partial charge in [0.25, 0.3) is 5.91 Å². The maximum atomic E-state index is 13.1. The Bertz CT molecular complexity index is 1040. The van der Waals surface area contributed by atoms with Crippen molar-refractivity contribution in [1.82, 2.24) is 0 Å². The van der Waals surface area contributed by atoms with Crippen LogP contribution in [0, 0.1) is 13.8 Å². The van der Waals surface area contributed by atoms with Crippen LogP contribution in [0.25, 0.3) is 0 Å². The zero-order valence-electron chi connectivity index (χ0n) is 16.4. The number of carbonyl (C=O) groups excluding carboxylic acids is 1. The van der Waals surface area contributed by atoms with Gasteiger partial charge in [0.1, 0.15) is 24.7 Å². The van der Waals surface area contributed by atoms with Crippen molar-refractivity contribution in [3.8, 4) is 11.5 Å². The summed E-state index contributed by atoms with van der Waals surface area (Å²) in [5.41, 5.74) is 2.51. The lowest BCUT2D eigenvalue weighted by molar-refractivity contribution is -0.917. The lowest BCUT2D eigenvalue weighted by Crippen LogP contribution is -3.14. The third-order valence-electron chi connectivity index (χ3n) is 5.60. The van der Waals surface area contributed by atoms with Gasteiger partial charge in [-0.25, -0.2) is 4.90 Å². The van der Waals surface area contributed by atoms with Crippen LogP contribution in [0.5, 0.6) is 11.5 Å². The van der Waals surface area contributed by atoms with Crippen LogP contribution in [0.1, 0.15) is 26.6 Å². The highest BCUT2D eigenvalue weighted by Gasteiger charge is 2.36. The fourth-order valence-corrected chi connectivity index (χ4v) is 5.18. The number of nitrogens with one attached hydrogen (secondary N) is 1. The average Bonchev–Trinajstić information content (AvgIpc) is 3.37. The third-order valence-corrected chi connectivity index (χ3v) is 6.88. The fraction of sp³-hybridized carbons (Fsp3) is 0.318. The summed E-state index contributed by atoms with van der Waals surface area (Å²) in [5, 5.41) is 1.04. The molecule has 2 aliphatic rings. The lowest BCUT2D eigenvalue weighted by Gasteiger charge is -2.35. The van der Waals surface area contributed by atoms with Crippen molar-refractivity contribution < 1.29 is 23.6 Å². The smallest absolute Gasteiger partial charge is 0.298 e. The van der Waals surface area contributed by atoms with Crippen molar-refractivity contribution in [1.29, 1.82) is 0 Å². The van der Waals surface area contributed by atoms with Crippen molar-refractivity contribution in [2.45, 2.75) is 26.5 Å². The van der Waals surface area contributed by atoms with Gasteiger partial charge in [-0.15, -0.1) is 11.3 Å². The first-order valence-corrected chi connectivity index (χ1v) is 10.6. The van der Waals surface area contributed by atoms with Gasteiger partial charge in [0, 0.05) is 10.4 Å². The van der Waals surface area contributed by atoms with Gasteiger partial charge in [0.05, 0.1) is 6.26 Å². The zero-order valence-corrected chi connectivity index (χ0v) is 17.3. The van der Waals surface area contributed by atoms with Gasteiger partial charge in [-0.2, -0.15) is 0 Å². The van der Waals surface area contributed by atoms with Crippen LogP contribution in [0.15, 0.2) is 47.1 Å². The van der Waals surface area contributed by atoms with Crippen molar-refractivity contribution in [2.75, 3.05) is 24.7 Å². The van der Waals surface area contributed by atoms with Gasteiger partial charge in [-0.1, -0.05) is 12.1 Å². The van der Waals surface area contributed by atoms with E-state index in [9.17, 15) is 4.79 Å². The standard InChI is InChI=1S/C22H22N2O4S/c1-14-15(2)29-22-17(14)11-23(13-24(22)21(25)20-8-5-9-26-20)10-16-12-27-18-6-3-4-7-19(18)28-16/h3-9,16H,10-13H2,1-2H3/p+1/t16-/m0/s1. The Balaban J connectivity index is 1.39. The van der Waals surface area contributed by atoms with Gasteiger partial charge in [-0.05, 0) is 43.7 Å². The third kappa shape index (κ3) is 3.30. The average molecular weight is 412 g/mol.